The van der Waals surface area contributed by atoms with Gasteiger partial charge in [-0.3, -0.25) is 9.59 Å². The molecule has 0 atom stereocenters. The number of carbonyl (C=O) groups is 3. The Kier molecular flexibility index (Phi) is 4.39. The molecule has 7 nitrogen and oxygen atoms in total. The fourth-order valence-corrected chi connectivity index (χ4v) is 2.51. The molecular formula is C13H12N2O5S. The smallest absolute Gasteiger partial charge is 0.338 e. The highest BCUT2D eigenvalue weighted by molar-refractivity contribution is 7.16. The Labute approximate surface area is 123 Å². The quantitative estimate of drug-likeness (QED) is 0.779. The van der Waals surface area contributed by atoms with Crippen LogP contribution in [0.1, 0.15) is 25.8 Å². The number of aromatic carboxylic acids is 1. The number of anilines is 1. The molecule has 2 rings (SSSR count). The predicted molar refractivity (Wildman–Crippen MR) is 75.7 cm³/mol. The van der Waals surface area contributed by atoms with E-state index in [1.54, 1.807) is 13.0 Å². The molecular weight excluding hydrogens is 296 g/mol. The number of carbonyl (C=O) groups excluding carboxylic acids is 2. The second kappa shape index (κ2) is 6.23. The monoisotopic (exact) mass is 308 g/mol. The minimum absolute atomic E-state index is 0.0308. The third-order valence-corrected chi connectivity index (χ3v) is 3.46. The number of thiophene rings is 1. The number of rotatable bonds is 5. The topological polar surface area (TPSA) is 109 Å². The number of aryl methyl sites for hydroxylation is 1. The van der Waals surface area contributed by atoms with Gasteiger partial charge >= 0.3 is 5.97 Å². The van der Waals surface area contributed by atoms with E-state index < -0.39 is 17.8 Å². The van der Waals surface area contributed by atoms with Crippen molar-refractivity contribution in [3.8, 4) is 0 Å². The maximum atomic E-state index is 11.7. The molecule has 0 aliphatic rings. The minimum atomic E-state index is -1.12. The Morgan fingerprint density at radius 1 is 1.38 bits per heavy atom. The maximum absolute atomic E-state index is 11.7. The highest BCUT2D eigenvalue weighted by Gasteiger charge is 2.16. The van der Waals surface area contributed by atoms with E-state index in [1.165, 1.54) is 18.4 Å². The summed E-state index contributed by atoms with van der Waals surface area (Å²) >= 11 is 1.16. The summed E-state index contributed by atoms with van der Waals surface area (Å²) in [7, 11) is 0. The zero-order valence-corrected chi connectivity index (χ0v) is 11.8. The molecule has 0 aromatic carbocycles. The Morgan fingerprint density at radius 2 is 2.14 bits per heavy atom. The van der Waals surface area contributed by atoms with Crippen LogP contribution in [0.2, 0.25) is 0 Å². The molecule has 21 heavy (non-hydrogen) atoms. The molecule has 0 fully saturated rings. The van der Waals surface area contributed by atoms with Gasteiger partial charge in [0.05, 0.1) is 18.4 Å². The van der Waals surface area contributed by atoms with Crippen molar-refractivity contribution >= 4 is 34.1 Å². The summed E-state index contributed by atoms with van der Waals surface area (Å²) in [5, 5.41) is 14.1. The summed E-state index contributed by atoms with van der Waals surface area (Å²) in [6.07, 6.45) is 1.35. The molecule has 0 bridgehead atoms. The van der Waals surface area contributed by atoms with Gasteiger partial charge in [-0.05, 0) is 25.1 Å². The van der Waals surface area contributed by atoms with Crippen LogP contribution in [0.25, 0.3) is 0 Å². The normalized spacial score (nSPS) is 10.1. The van der Waals surface area contributed by atoms with E-state index in [-0.39, 0.29) is 22.9 Å². The third kappa shape index (κ3) is 3.69. The van der Waals surface area contributed by atoms with Crippen molar-refractivity contribution in [1.82, 2.24) is 5.32 Å². The first-order valence-corrected chi connectivity index (χ1v) is 6.74. The highest BCUT2D eigenvalue weighted by atomic mass is 32.1. The van der Waals surface area contributed by atoms with Gasteiger partial charge < -0.3 is 20.2 Å². The van der Waals surface area contributed by atoms with E-state index in [2.05, 4.69) is 10.6 Å². The first-order chi connectivity index (χ1) is 9.97. The second-order valence-corrected chi connectivity index (χ2v) is 5.37. The summed E-state index contributed by atoms with van der Waals surface area (Å²) in [5.41, 5.74) is 0.0308. The Bertz CT molecular complexity index is 675. The van der Waals surface area contributed by atoms with E-state index in [1.807, 2.05) is 0 Å². The van der Waals surface area contributed by atoms with Crippen molar-refractivity contribution in [3.05, 3.63) is 40.7 Å². The molecule has 0 aliphatic heterocycles. The number of hydrogen-bond donors (Lipinski definition) is 3. The van der Waals surface area contributed by atoms with E-state index >= 15 is 0 Å². The van der Waals surface area contributed by atoms with Crippen LogP contribution in [0.4, 0.5) is 5.00 Å². The van der Waals surface area contributed by atoms with Crippen molar-refractivity contribution in [3.63, 3.8) is 0 Å². The van der Waals surface area contributed by atoms with Crippen LogP contribution >= 0.6 is 11.3 Å². The van der Waals surface area contributed by atoms with E-state index in [0.717, 1.165) is 16.2 Å². The SMILES string of the molecule is Cc1cc(C(=O)O)c(NC(=O)CNC(=O)c2ccco2)s1. The Balaban J connectivity index is 1.93. The molecule has 0 radical (unpaired) electrons. The molecule has 0 spiro atoms. The number of carboxylic acids is 1. The van der Waals surface area contributed by atoms with Gasteiger partial charge in [-0.15, -0.1) is 11.3 Å². The summed E-state index contributed by atoms with van der Waals surface area (Å²) in [4.78, 5) is 35.1. The lowest BCUT2D eigenvalue weighted by Gasteiger charge is -2.05. The van der Waals surface area contributed by atoms with Gasteiger partial charge in [-0.2, -0.15) is 0 Å². The van der Waals surface area contributed by atoms with Crippen molar-refractivity contribution in [1.29, 1.82) is 0 Å². The fraction of sp³-hybridized carbons (Fsp3) is 0.154. The van der Waals surface area contributed by atoms with Gasteiger partial charge in [-0.25, -0.2) is 4.79 Å². The van der Waals surface area contributed by atoms with Crippen molar-refractivity contribution < 1.29 is 23.9 Å². The van der Waals surface area contributed by atoms with E-state index in [4.69, 9.17) is 9.52 Å². The molecule has 0 saturated carbocycles. The summed E-state index contributed by atoms with van der Waals surface area (Å²) in [5.74, 6) is -2.05. The van der Waals surface area contributed by atoms with Crippen LogP contribution in [-0.4, -0.2) is 29.4 Å². The van der Waals surface area contributed by atoms with Crippen molar-refractivity contribution in [2.24, 2.45) is 0 Å². The van der Waals surface area contributed by atoms with Gasteiger partial charge in [0.15, 0.2) is 5.76 Å². The first-order valence-electron chi connectivity index (χ1n) is 5.92. The van der Waals surface area contributed by atoms with Crippen LogP contribution in [0.15, 0.2) is 28.9 Å². The van der Waals surface area contributed by atoms with Crippen LogP contribution in [0.3, 0.4) is 0 Å². The molecule has 110 valence electrons. The molecule has 8 heteroatoms. The Morgan fingerprint density at radius 3 is 2.76 bits per heavy atom. The predicted octanol–water partition coefficient (Wildman–Crippen LogP) is 1.72. The van der Waals surface area contributed by atoms with Gasteiger partial charge in [0, 0.05) is 4.88 Å². The number of carboxylic acid groups (broad SMARTS) is 1. The van der Waals surface area contributed by atoms with Gasteiger partial charge in [0.25, 0.3) is 5.91 Å². The molecule has 0 aliphatic carbocycles. The van der Waals surface area contributed by atoms with E-state index in [9.17, 15) is 14.4 Å². The minimum Gasteiger partial charge on any atom is -0.478 e. The standard InChI is InChI=1S/C13H12N2O5S/c1-7-5-8(13(18)19)12(21-7)15-10(16)6-14-11(17)9-3-2-4-20-9/h2-5H,6H2,1H3,(H,14,17)(H,15,16)(H,18,19). The molecule has 2 aromatic heterocycles. The maximum Gasteiger partial charge on any atom is 0.338 e. The highest BCUT2D eigenvalue weighted by Crippen LogP contribution is 2.27. The summed E-state index contributed by atoms with van der Waals surface area (Å²) in [6.45, 7) is 1.46. The molecule has 0 unspecified atom stereocenters. The van der Waals surface area contributed by atoms with Crippen LogP contribution in [0.5, 0.6) is 0 Å². The molecule has 2 aromatic rings. The largest absolute Gasteiger partial charge is 0.478 e. The summed E-state index contributed by atoms with van der Waals surface area (Å²) < 4.78 is 4.88. The number of hydrogen-bond acceptors (Lipinski definition) is 5. The summed E-state index contributed by atoms with van der Waals surface area (Å²) in [6, 6.07) is 4.50. The van der Waals surface area contributed by atoms with Gasteiger partial charge in [0.2, 0.25) is 5.91 Å². The average Bonchev–Trinajstić information content (AvgIpc) is 3.05. The van der Waals surface area contributed by atoms with E-state index in [0.29, 0.717) is 0 Å². The van der Waals surface area contributed by atoms with Crippen LogP contribution in [-0.2, 0) is 4.79 Å². The lowest BCUT2D eigenvalue weighted by molar-refractivity contribution is -0.115. The van der Waals surface area contributed by atoms with Crippen LogP contribution < -0.4 is 10.6 Å². The zero-order valence-electron chi connectivity index (χ0n) is 11.0. The van der Waals surface area contributed by atoms with Gasteiger partial charge in [0.1, 0.15) is 5.00 Å². The number of nitrogens with one attached hydrogen (secondary N) is 2. The first kappa shape index (κ1) is 14.8. The van der Waals surface area contributed by atoms with Crippen molar-refractivity contribution in [2.75, 3.05) is 11.9 Å². The molecule has 2 heterocycles. The molecule has 0 saturated heterocycles. The average molecular weight is 308 g/mol. The number of amides is 2. The van der Waals surface area contributed by atoms with Gasteiger partial charge in [-0.1, -0.05) is 0 Å². The Hall–Kier alpha value is -2.61. The van der Waals surface area contributed by atoms with Crippen LogP contribution in [0, 0.1) is 6.92 Å². The number of furan rings is 1. The lowest BCUT2D eigenvalue weighted by atomic mass is 10.3. The fourth-order valence-electron chi connectivity index (χ4n) is 1.59. The van der Waals surface area contributed by atoms with Crippen molar-refractivity contribution in [2.45, 2.75) is 6.92 Å². The zero-order chi connectivity index (χ0) is 15.4. The molecule has 3 N–H and O–H groups in total. The molecule has 2 amide bonds. The second-order valence-electron chi connectivity index (χ2n) is 4.11. The third-order valence-electron chi connectivity index (χ3n) is 2.49. The lowest BCUT2D eigenvalue weighted by Crippen LogP contribution is -2.32.